The number of piperidine rings is 4. The van der Waals surface area contributed by atoms with Gasteiger partial charge in [0.05, 0.1) is 0 Å². The Labute approximate surface area is 469 Å². The van der Waals surface area contributed by atoms with Gasteiger partial charge in [0.2, 0.25) is 0 Å². The molecule has 0 amide bonds. The molecule has 0 atom stereocenters. The SMILES string of the molecule is CC1(C)CCCC(C)(C)[N-]1.CC1(C)CCCC(C)(C)[N-]1.CC1(C)CCCC(C)(C)[N-]1.CC1(C)CCCC(C)(C)[N-]1.CN(C)CCN(C)C.CN(C)CCN(C)C.[CH-]=CC=[CH-].[Mn+2].[Mn+2].[Na+].[Na+]. The van der Waals surface area contributed by atoms with Gasteiger partial charge in [0, 0.05) is 26.2 Å². The van der Waals surface area contributed by atoms with Crippen molar-refractivity contribution >= 4 is 0 Å². The Bertz CT molecular complexity index is 899. The fraction of sp³-hybridized carbons (Fsp3) is 0.923. The summed E-state index contributed by atoms with van der Waals surface area (Å²) in [6.45, 7) is 49.7. The van der Waals surface area contributed by atoms with E-state index >= 15 is 0 Å². The minimum Gasteiger partial charge on any atom is -0.652 e. The molecule has 0 spiro atoms. The molecule has 2 radical (unpaired) electrons. The Balaban J connectivity index is -0.000000119. The van der Waals surface area contributed by atoms with Crippen molar-refractivity contribution in [3.63, 3.8) is 0 Å². The van der Waals surface area contributed by atoms with Crippen molar-refractivity contribution in [3.8, 4) is 0 Å². The van der Waals surface area contributed by atoms with Crippen LogP contribution in [0.3, 0.4) is 0 Å². The van der Waals surface area contributed by atoms with Crippen LogP contribution in [0.1, 0.15) is 188 Å². The Hall–Kier alpha value is 2.20. The molecule has 4 rings (SSSR count). The third kappa shape index (κ3) is 53.5. The zero-order valence-electron chi connectivity index (χ0n) is 48.0. The number of rotatable bonds is 7. The van der Waals surface area contributed by atoms with Crippen molar-refractivity contribution in [2.45, 2.75) is 232 Å². The summed E-state index contributed by atoms with van der Waals surface area (Å²) in [7, 11) is 16.7. The number of hydrogen-bond donors (Lipinski definition) is 0. The molecular formula is C52H108Mn2N8Na2. The van der Waals surface area contributed by atoms with Crippen molar-refractivity contribution < 1.29 is 93.3 Å². The van der Waals surface area contributed by atoms with Crippen LogP contribution in [0.25, 0.3) is 21.3 Å². The van der Waals surface area contributed by atoms with Crippen LogP contribution in [-0.4, -0.2) is 146 Å². The molecule has 4 heterocycles. The first kappa shape index (κ1) is 80.3. The molecule has 12 heteroatoms. The first-order chi connectivity index (χ1) is 26.8. The third-order valence-electron chi connectivity index (χ3n) is 10.8. The summed E-state index contributed by atoms with van der Waals surface area (Å²) in [5.41, 5.74) is 1.90. The van der Waals surface area contributed by atoms with Gasteiger partial charge in [-0.2, -0.15) is 0 Å². The second-order valence-electron chi connectivity index (χ2n) is 24.0. The normalized spacial score (nSPS) is 21.9. The molecule has 8 nitrogen and oxygen atoms in total. The van der Waals surface area contributed by atoms with Crippen molar-refractivity contribution in [1.29, 1.82) is 0 Å². The maximum absolute atomic E-state index is 4.75. The average molecular weight is 1000 g/mol. The Morgan fingerprint density at radius 1 is 0.312 bits per heavy atom. The predicted molar refractivity (Wildman–Crippen MR) is 273 cm³/mol. The maximum atomic E-state index is 4.75. The van der Waals surface area contributed by atoms with Gasteiger partial charge in [-0.05, 0) is 56.4 Å². The molecule has 4 aliphatic rings. The topological polar surface area (TPSA) is 69.4 Å². The molecule has 0 aromatic rings. The molecule has 372 valence electrons. The van der Waals surface area contributed by atoms with Gasteiger partial charge < -0.3 is 66.2 Å². The van der Waals surface area contributed by atoms with Crippen LogP contribution in [0, 0.1) is 13.2 Å². The van der Waals surface area contributed by atoms with Gasteiger partial charge >= 0.3 is 93.3 Å². The zero-order chi connectivity index (χ0) is 47.9. The Morgan fingerprint density at radius 2 is 0.422 bits per heavy atom. The average Bonchev–Trinajstić information content (AvgIpc) is 3.00. The summed E-state index contributed by atoms with van der Waals surface area (Å²) in [6, 6.07) is 0. The summed E-state index contributed by atoms with van der Waals surface area (Å²) in [4.78, 5) is 8.72. The van der Waals surface area contributed by atoms with E-state index in [2.05, 4.69) is 187 Å². The van der Waals surface area contributed by atoms with Crippen molar-refractivity contribution in [2.75, 3.05) is 82.6 Å². The van der Waals surface area contributed by atoms with Crippen molar-refractivity contribution in [3.05, 3.63) is 46.6 Å². The van der Waals surface area contributed by atoms with E-state index in [0.717, 1.165) is 26.2 Å². The molecule has 0 aromatic carbocycles. The van der Waals surface area contributed by atoms with Gasteiger partial charge in [-0.1, -0.05) is 188 Å². The first-order valence-corrected chi connectivity index (χ1v) is 23.5. The summed E-state index contributed by atoms with van der Waals surface area (Å²) < 4.78 is 0. The number of nitrogens with zero attached hydrogens (tertiary/aromatic N) is 8. The van der Waals surface area contributed by atoms with Gasteiger partial charge in [0.25, 0.3) is 0 Å². The Morgan fingerprint density at radius 3 is 0.469 bits per heavy atom. The zero-order valence-corrected chi connectivity index (χ0v) is 54.3. The quantitative estimate of drug-likeness (QED) is 0.150. The monoisotopic (exact) mass is 1000 g/mol. The number of allylic oxidation sites excluding steroid dienone is 2. The summed E-state index contributed by atoms with van der Waals surface area (Å²) >= 11 is 0. The van der Waals surface area contributed by atoms with Gasteiger partial charge in [0.1, 0.15) is 0 Å². The molecule has 0 unspecified atom stereocenters. The first-order valence-electron chi connectivity index (χ1n) is 23.5. The van der Waals surface area contributed by atoms with Crippen LogP contribution < -0.4 is 59.1 Å². The fourth-order valence-corrected chi connectivity index (χ4v) is 8.34. The van der Waals surface area contributed by atoms with E-state index in [-0.39, 0.29) is 138 Å². The van der Waals surface area contributed by atoms with Crippen LogP contribution in [0.15, 0.2) is 12.2 Å². The molecular weight excluding hydrogens is 892 g/mol. The van der Waals surface area contributed by atoms with Gasteiger partial charge in [0.15, 0.2) is 0 Å². The molecule has 4 aliphatic heterocycles. The Kier molecular flexibility index (Phi) is 47.6. The van der Waals surface area contributed by atoms with Gasteiger partial charge in [-0.15, -0.1) is 44.3 Å². The second kappa shape index (κ2) is 37.9. The molecule has 64 heavy (non-hydrogen) atoms. The molecule has 0 saturated carbocycles. The number of likely N-dealkylation sites (N-methyl/N-ethyl adjacent to an activating group) is 4. The largest absolute Gasteiger partial charge is 2.00 e. The minimum atomic E-state index is 0. The van der Waals surface area contributed by atoms with Crippen LogP contribution in [0.5, 0.6) is 0 Å². The second-order valence-corrected chi connectivity index (χ2v) is 24.0. The summed E-state index contributed by atoms with van der Waals surface area (Å²) in [5, 5.41) is 19.0. The third-order valence-corrected chi connectivity index (χ3v) is 10.8. The van der Waals surface area contributed by atoms with Crippen LogP contribution in [0.2, 0.25) is 0 Å². The fourth-order valence-electron chi connectivity index (χ4n) is 8.34. The van der Waals surface area contributed by atoms with E-state index < -0.39 is 0 Å². The molecule has 0 aromatic heterocycles. The van der Waals surface area contributed by atoms with Crippen molar-refractivity contribution in [1.82, 2.24) is 19.6 Å². The number of hydrogen-bond acceptors (Lipinski definition) is 4. The van der Waals surface area contributed by atoms with Crippen LogP contribution in [0.4, 0.5) is 0 Å². The van der Waals surface area contributed by atoms with E-state index in [1.54, 1.807) is 0 Å². The van der Waals surface area contributed by atoms with E-state index in [1.165, 1.54) is 89.2 Å². The molecule has 0 aliphatic carbocycles. The van der Waals surface area contributed by atoms with Crippen molar-refractivity contribution in [2.24, 2.45) is 0 Å². The predicted octanol–water partition coefficient (Wildman–Crippen LogP) is 7.59. The van der Waals surface area contributed by atoms with Crippen LogP contribution >= 0.6 is 0 Å². The maximum Gasteiger partial charge on any atom is 2.00 e. The molecule has 0 N–H and O–H groups in total. The van der Waals surface area contributed by atoms with Crippen LogP contribution in [-0.2, 0) is 34.1 Å². The standard InChI is InChI=1S/4C9H18N.2C6H16N2.C4H4.2Mn.2Na/c4*1-8(2)6-5-7-9(3,4)10-8;2*1-7(2)5-6-8(3)4;1-3-4-2;;;;/h4*5-7H2,1-4H3;2*5-6H2,1-4H3;1-4H;;;;/q4*-1;;;-2;2*+2;2*+1. The van der Waals surface area contributed by atoms with E-state index in [0.29, 0.717) is 0 Å². The van der Waals surface area contributed by atoms with Gasteiger partial charge in [-0.25, -0.2) is 0 Å². The summed E-state index contributed by atoms with van der Waals surface area (Å²) in [5.74, 6) is 0. The molecule has 4 fully saturated rings. The van der Waals surface area contributed by atoms with Gasteiger partial charge in [-0.3, -0.25) is 0 Å². The van der Waals surface area contributed by atoms with E-state index in [9.17, 15) is 0 Å². The summed E-state index contributed by atoms with van der Waals surface area (Å²) in [6.07, 6.45) is 18.0. The van der Waals surface area contributed by atoms with E-state index in [4.69, 9.17) is 34.4 Å². The molecule has 0 bridgehead atoms. The molecule has 4 saturated heterocycles. The smallest absolute Gasteiger partial charge is 0.652 e. The minimum absolute atomic E-state index is 0. The van der Waals surface area contributed by atoms with E-state index in [1.807, 2.05) is 0 Å².